The Kier molecular flexibility index (Phi) is 22.6. The van der Waals surface area contributed by atoms with Gasteiger partial charge in [0.15, 0.2) is 0 Å². The molecule has 0 aliphatic heterocycles. The molecule has 0 nitrogen and oxygen atoms in total. The second-order valence-corrected chi connectivity index (χ2v) is 4.09. The first-order valence-corrected chi connectivity index (χ1v) is 7.52. The zero-order valence-corrected chi connectivity index (χ0v) is 8.30. The molecule has 0 atom stereocenters. The molecule has 0 heterocycles. The molecule has 52 valence electrons. The Bertz CT molecular complexity index is 61.4. The molecule has 3 heteroatoms. The molecule has 0 saturated heterocycles. The first-order valence-electron chi connectivity index (χ1n) is 1.89. The van der Waals surface area contributed by atoms with Crippen LogP contribution in [0.5, 0.6) is 0 Å². The molecule has 0 N–H and O–H groups in total. The average molecular weight is 334 g/mol. The Morgan fingerprint density at radius 2 is 1.88 bits per heavy atom. The minimum absolute atomic E-state index is 0.472. The molecule has 0 unspecified atom stereocenters. The fourth-order valence-corrected chi connectivity index (χ4v) is 0.136. The fourth-order valence-electron chi connectivity index (χ4n) is 0.136. The van der Waals surface area contributed by atoms with E-state index in [0.717, 1.165) is 0 Å². The Morgan fingerprint density at radius 1 is 1.50 bits per heavy atom. The number of rotatable bonds is 1. The van der Waals surface area contributed by atoms with Crippen LogP contribution < -0.4 is 0 Å². The monoisotopic (exact) mass is 333 g/mol. The van der Waals surface area contributed by atoms with E-state index in [0.29, 0.717) is 0 Å². The van der Waals surface area contributed by atoms with Gasteiger partial charge in [-0.1, -0.05) is 24.8 Å². The summed E-state index contributed by atoms with van der Waals surface area (Å²) in [4.78, 5) is 0. The van der Waals surface area contributed by atoms with Crippen molar-refractivity contribution in [1.29, 1.82) is 0 Å². The summed E-state index contributed by atoms with van der Waals surface area (Å²) in [6.45, 7) is 5.42. The predicted molar refractivity (Wildman–Crippen MR) is 36.7 cm³/mol. The summed E-state index contributed by atoms with van der Waals surface area (Å²) in [5.74, 6) is 0. The van der Waals surface area contributed by atoms with E-state index in [4.69, 9.17) is 18.8 Å². The fraction of sp³-hybridized carbons (Fsp3) is 0.200. The van der Waals surface area contributed by atoms with E-state index in [2.05, 4.69) is 6.58 Å². The zero-order valence-electron chi connectivity index (χ0n) is 4.51. The van der Waals surface area contributed by atoms with Crippen molar-refractivity contribution in [1.82, 2.24) is 0 Å². The van der Waals surface area contributed by atoms with Gasteiger partial charge in [0.05, 0.1) is 0 Å². The van der Waals surface area contributed by atoms with E-state index in [1.54, 1.807) is 6.08 Å². The number of hydrogen-bond donors (Lipinski definition) is 0. The van der Waals surface area contributed by atoms with Gasteiger partial charge in [-0.3, -0.25) is 0 Å². The minimum atomic E-state index is -0.472. The third-order valence-electron chi connectivity index (χ3n) is 0.329. The van der Waals surface area contributed by atoms with Gasteiger partial charge in [0.1, 0.15) is 0 Å². The summed E-state index contributed by atoms with van der Waals surface area (Å²) in [6, 6.07) is 0. The molecule has 0 aliphatic rings. The first-order chi connectivity index (χ1) is 3.83. The van der Waals surface area contributed by atoms with Crippen LogP contribution in [0, 0.1) is 0 Å². The van der Waals surface area contributed by atoms with Crippen molar-refractivity contribution in [2.24, 2.45) is 0 Å². The van der Waals surface area contributed by atoms with Gasteiger partial charge in [-0.25, -0.2) is 0 Å². The molecule has 0 rings (SSSR count). The molecular weight excluding hydrogens is 326 g/mol. The van der Waals surface area contributed by atoms with Crippen LogP contribution in [0.25, 0.3) is 0 Å². The molecule has 0 aromatic heterocycles. The summed E-state index contributed by atoms with van der Waals surface area (Å²) in [5, 5.41) is 0. The van der Waals surface area contributed by atoms with Gasteiger partial charge in [-0.2, -0.15) is 0 Å². The van der Waals surface area contributed by atoms with Gasteiger partial charge in [-0.15, -0.1) is 0 Å². The van der Waals surface area contributed by atoms with E-state index < -0.39 is 16.5 Å². The standard InChI is InChI=1S/C5H8.2ClH.Pt/c1-3-5-4-2;;;/h3-5H,1H2,2H3;2*1H;/q;;;+2/p-2. The molecule has 0 fully saturated rings. The third kappa shape index (κ3) is 29.5. The van der Waals surface area contributed by atoms with Crippen molar-refractivity contribution in [3.05, 3.63) is 24.8 Å². The van der Waals surface area contributed by atoms with Crippen LogP contribution >= 0.6 is 18.8 Å². The van der Waals surface area contributed by atoms with Crippen LogP contribution in [-0.4, -0.2) is 0 Å². The Balaban J connectivity index is 0. The van der Waals surface area contributed by atoms with Crippen molar-refractivity contribution in [2.75, 3.05) is 0 Å². The molecule has 0 bridgehead atoms. The summed E-state index contributed by atoms with van der Waals surface area (Å²) < 4.78 is 0. The Labute approximate surface area is 67.0 Å². The van der Waals surface area contributed by atoms with Gasteiger partial charge in [0, 0.05) is 0 Å². The van der Waals surface area contributed by atoms with Gasteiger partial charge in [-0.05, 0) is 6.92 Å². The molecule has 0 aromatic rings. The van der Waals surface area contributed by atoms with Gasteiger partial charge >= 0.3 is 35.3 Å². The average Bonchev–Trinajstić information content (AvgIpc) is 1.71. The topological polar surface area (TPSA) is 0 Å². The first kappa shape index (κ1) is 11.5. The molecule has 0 radical (unpaired) electrons. The summed E-state index contributed by atoms with van der Waals surface area (Å²) in [7, 11) is 9.75. The number of halogens is 2. The Hall–Kier alpha value is 0.748. The third-order valence-corrected chi connectivity index (χ3v) is 0.329. The molecule has 0 saturated carbocycles. The van der Waals surface area contributed by atoms with Crippen molar-refractivity contribution in [2.45, 2.75) is 6.92 Å². The predicted octanol–water partition coefficient (Wildman–Crippen LogP) is 3.13. The molecule has 8 heavy (non-hydrogen) atoms. The summed E-state index contributed by atoms with van der Waals surface area (Å²) in [5.41, 5.74) is 0. The molecular formula is C5H8Cl2Pt. The molecule has 0 amide bonds. The van der Waals surface area contributed by atoms with Crippen molar-refractivity contribution < 1.29 is 16.5 Å². The number of hydrogen-bond acceptors (Lipinski definition) is 0. The van der Waals surface area contributed by atoms with Crippen LogP contribution in [-0.2, 0) is 16.5 Å². The van der Waals surface area contributed by atoms with Gasteiger partial charge < -0.3 is 0 Å². The van der Waals surface area contributed by atoms with Gasteiger partial charge in [0.25, 0.3) is 0 Å². The molecule has 0 aromatic carbocycles. The van der Waals surface area contributed by atoms with E-state index in [9.17, 15) is 0 Å². The summed E-state index contributed by atoms with van der Waals surface area (Å²) >= 11 is -0.472. The van der Waals surface area contributed by atoms with Crippen LogP contribution in [0.2, 0.25) is 0 Å². The van der Waals surface area contributed by atoms with Gasteiger partial charge in [0.2, 0.25) is 0 Å². The van der Waals surface area contributed by atoms with E-state index in [1.165, 1.54) is 0 Å². The van der Waals surface area contributed by atoms with E-state index in [1.807, 2.05) is 19.1 Å². The second kappa shape index (κ2) is 15.7. The van der Waals surface area contributed by atoms with E-state index in [-0.39, 0.29) is 0 Å². The molecule has 0 spiro atoms. The normalized spacial score (nSPS) is 8.38. The Morgan fingerprint density at radius 3 is 1.88 bits per heavy atom. The van der Waals surface area contributed by atoms with Crippen LogP contribution in [0.3, 0.4) is 0 Å². The van der Waals surface area contributed by atoms with Crippen LogP contribution in [0.4, 0.5) is 0 Å². The summed E-state index contributed by atoms with van der Waals surface area (Å²) in [6.07, 6.45) is 5.58. The van der Waals surface area contributed by atoms with E-state index >= 15 is 0 Å². The van der Waals surface area contributed by atoms with Crippen LogP contribution in [0.15, 0.2) is 24.8 Å². The zero-order chi connectivity index (χ0) is 6.83. The second-order valence-electron chi connectivity index (χ2n) is 0.807. The number of allylic oxidation sites excluding steroid dienone is 3. The quantitative estimate of drug-likeness (QED) is 0.647. The maximum atomic E-state index is 4.88. The SMILES string of the molecule is C=CC=CC.[Cl][Pt][Cl]. The van der Waals surface area contributed by atoms with Crippen LogP contribution in [0.1, 0.15) is 6.92 Å². The van der Waals surface area contributed by atoms with Crippen molar-refractivity contribution >= 4 is 18.8 Å². The van der Waals surface area contributed by atoms with Crippen molar-refractivity contribution in [3.63, 3.8) is 0 Å². The maximum absolute atomic E-state index is 4.88. The molecule has 0 aliphatic carbocycles. The van der Waals surface area contributed by atoms with Crippen molar-refractivity contribution in [3.8, 4) is 0 Å².